The zero-order valence-corrected chi connectivity index (χ0v) is 15.4. The number of aromatic nitrogens is 2. The van der Waals surface area contributed by atoms with Crippen molar-refractivity contribution >= 4 is 32.7 Å². The van der Waals surface area contributed by atoms with Gasteiger partial charge < -0.3 is 10.5 Å². The van der Waals surface area contributed by atoms with Crippen molar-refractivity contribution in [2.75, 3.05) is 12.3 Å². The van der Waals surface area contributed by atoms with Crippen LogP contribution in [-0.2, 0) is 26.2 Å². The number of para-hydroxylation sites is 1. The summed E-state index contributed by atoms with van der Waals surface area (Å²) in [6.45, 7) is 1.14. The number of hydrogen-bond acceptors (Lipinski definition) is 7. The van der Waals surface area contributed by atoms with Crippen LogP contribution in [0.5, 0.6) is 0 Å². The number of esters is 1. The van der Waals surface area contributed by atoms with Crippen molar-refractivity contribution in [2.45, 2.75) is 18.4 Å². The summed E-state index contributed by atoms with van der Waals surface area (Å²) in [6.07, 6.45) is 0. The maximum Gasteiger partial charge on any atom is 0.321 e. The largest absolute Gasteiger partial charge is 0.456 e. The maximum absolute atomic E-state index is 12.2. The van der Waals surface area contributed by atoms with E-state index in [1.54, 1.807) is 24.3 Å². The van der Waals surface area contributed by atoms with Crippen molar-refractivity contribution in [1.82, 2.24) is 14.7 Å². The quantitative estimate of drug-likeness (QED) is 0.616. The van der Waals surface area contributed by atoms with Crippen molar-refractivity contribution in [1.29, 1.82) is 0 Å². The van der Waals surface area contributed by atoms with Gasteiger partial charge in [0.2, 0.25) is 10.0 Å². The number of fused-ring (bicyclic) bond motifs is 1. The van der Waals surface area contributed by atoms with E-state index in [1.807, 2.05) is 19.1 Å². The van der Waals surface area contributed by atoms with Gasteiger partial charge in [-0.25, -0.2) is 18.4 Å². The summed E-state index contributed by atoms with van der Waals surface area (Å²) in [6, 6.07) is 13.5. The van der Waals surface area contributed by atoms with Gasteiger partial charge >= 0.3 is 5.97 Å². The van der Waals surface area contributed by atoms with Crippen molar-refractivity contribution in [3.63, 3.8) is 0 Å². The number of nitrogens with two attached hydrogens (primary N) is 1. The molecule has 0 bridgehead atoms. The van der Waals surface area contributed by atoms with E-state index >= 15 is 0 Å². The third-order valence-corrected chi connectivity index (χ3v) is 5.20. The first kappa shape index (κ1) is 18.7. The number of sulfonamides is 1. The number of ether oxygens (including phenoxy) is 1. The third kappa shape index (κ3) is 4.57. The molecule has 0 amide bonds. The highest BCUT2D eigenvalue weighted by atomic mass is 32.2. The van der Waals surface area contributed by atoms with Crippen LogP contribution in [0.2, 0.25) is 0 Å². The van der Waals surface area contributed by atoms with Crippen LogP contribution in [0.1, 0.15) is 11.4 Å². The molecule has 0 unspecified atom stereocenters. The molecule has 0 radical (unpaired) electrons. The van der Waals surface area contributed by atoms with E-state index in [-0.39, 0.29) is 23.1 Å². The molecule has 9 heteroatoms. The fourth-order valence-electron chi connectivity index (χ4n) is 2.37. The van der Waals surface area contributed by atoms with Crippen molar-refractivity contribution in [3.8, 4) is 0 Å². The van der Waals surface area contributed by atoms with Gasteiger partial charge in [0, 0.05) is 5.39 Å². The topological polar surface area (TPSA) is 124 Å². The second-order valence-corrected chi connectivity index (χ2v) is 7.61. The molecular weight excluding hydrogens is 368 g/mol. The van der Waals surface area contributed by atoms with Crippen LogP contribution in [-0.4, -0.2) is 30.9 Å². The number of anilines is 1. The van der Waals surface area contributed by atoms with Crippen LogP contribution >= 0.6 is 0 Å². The minimum Gasteiger partial charge on any atom is -0.456 e. The van der Waals surface area contributed by atoms with Crippen molar-refractivity contribution in [2.24, 2.45) is 0 Å². The Kier molecular flexibility index (Phi) is 5.33. The van der Waals surface area contributed by atoms with E-state index in [0.717, 1.165) is 5.56 Å². The molecule has 0 fully saturated rings. The summed E-state index contributed by atoms with van der Waals surface area (Å²) in [4.78, 5) is 20.3. The predicted molar refractivity (Wildman–Crippen MR) is 100 cm³/mol. The lowest BCUT2D eigenvalue weighted by Gasteiger charge is -2.08. The van der Waals surface area contributed by atoms with Crippen LogP contribution in [0.3, 0.4) is 0 Å². The van der Waals surface area contributed by atoms with Gasteiger partial charge in [-0.15, -0.1) is 0 Å². The molecule has 1 heterocycles. The van der Waals surface area contributed by atoms with Gasteiger partial charge in [-0.2, -0.15) is 4.72 Å². The lowest BCUT2D eigenvalue weighted by molar-refractivity contribution is -0.143. The molecular formula is C18H18N4O4S. The van der Waals surface area contributed by atoms with E-state index in [4.69, 9.17) is 10.5 Å². The van der Waals surface area contributed by atoms with Gasteiger partial charge in [0.15, 0.2) is 12.4 Å². The van der Waals surface area contributed by atoms with E-state index in [1.165, 1.54) is 12.1 Å². The molecule has 0 spiro atoms. The van der Waals surface area contributed by atoms with Gasteiger partial charge in [-0.05, 0) is 31.2 Å². The molecule has 3 N–H and O–H groups in total. The summed E-state index contributed by atoms with van der Waals surface area (Å²) in [5, 5.41) is 0.707. The highest BCUT2D eigenvalue weighted by Crippen LogP contribution is 2.17. The predicted octanol–water partition coefficient (Wildman–Crippen LogP) is 1.54. The Bertz CT molecular complexity index is 1080. The number of hydrogen-bond donors (Lipinski definition) is 2. The molecule has 3 aromatic rings. The van der Waals surface area contributed by atoms with Crippen molar-refractivity contribution in [3.05, 3.63) is 59.9 Å². The highest BCUT2D eigenvalue weighted by Gasteiger charge is 2.16. The number of aryl methyl sites for hydroxylation is 1. The maximum atomic E-state index is 12.2. The Balaban J connectivity index is 1.59. The zero-order valence-electron chi connectivity index (χ0n) is 14.5. The first-order valence-electron chi connectivity index (χ1n) is 8.08. The molecule has 2 aromatic carbocycles. The Morgan fingerprint density at radius 1 is 1.11 bits per heavy atom. The van der Waals surface area contributed by atoms with Gasteiger partial charge in [-0.1, -0.05) is 29.8 Å². The standard InChI is InChI=1S/C18H18N4O4S/c1-12-6-8-13(9-7-12)27(24,25)20-10-17(23)26-11-16-21-15-5-3-2-4-14(15)18(19)22-16/h2-9,20H,10-11H2,1H3,(H2,19,21,22). The van der Waals surface area contributed by atoms with Crippen LogP contribution in [0.4, 0.5) is 5.82 Å². The second-order valence-electron chi connectivity index (χ2n) is 5.84. The molecule has 0 aliphatic heterocycles. The van der Waals surface area contributed by atoms with Crippen LogP contribution in [0.25, 0.3) is 10.9 Å². The molecule has 1 aromatic heterocycles. The van der Waals surface area contributed by atoms with E-state index in [2.05, 4.69) is 14.7 Å². The third-order valence-electron chi connectivity index (χ3n) is 3.78. The number of nitrogen functional groups attached to an aromatic ring is 1. The van der Waals surface area contributed by atoms with Crippen LogP contribution < -0.4 is 10.5 Å². The molecule has 0 saturated heterocycles. The average molecular weight is 386 g/mol. The van der Waals surface area contributed by atoms with Gasteiger partial charge in [0.1, 0.15) is 12.4 Å². The molecule has 0 aliphatic rings. The van der Waals surface area contributed by atoms with Crippen LogP contribution in [0.15, 0.2) is 53.4 Å². The first-order chi connectivity index (χ1) is 12.8. The summed E-state index contributed by atoms with van der Waals surface area (Å²) >= 11 is 0. The number of rotatable bonds is 6. The SMILES string of the molecule is Cc1ccc(S(=O)(=O)NCC(=O)OCc2nc(N)c3ccccc3n2)cc1. The summed E-state index contributed by atoms with van der Waals surface area (Å²) in [7, 11) is -3.79. The summed E-state index contributed by atoms with van der Waals surface area (Å²) in [5.74, 6) is -0.228. The van der Waals surface area contributed by atoms with Gasteiger partial charge in [0.05, 0.1) is 10.4 Å². The molecule has 8 nitrogen and oxygen atoms in total. The summed E-state index contributed by atoms with van der Waals surface area (Å²) in [5.41, 5.74) is 7.44. The number of nitrogens with one attached hydrogen (secondary N) is 1. The molecule has 0 atom stereocenters. The minimum atomic E-state index is -3.79. The monoisotopic (exact) mass is 386 g/mol. The number of benzene rings is 2. The normalized spacial score (nSPS) is 11.4. The highest BCUT2D eigenvalue weighted by molar-refractivity contribution is 7.89. The molecule has 0 aliphatic carbocycles. The Labute approximate surface area is 156 Å². The Morgan fingerprint density at radius 2 is 1.81 bits per heavy atom. The zero-order chi connectivity index (χ0) is 19.4. The first-order valence-corrected chi connectivity index (χ1v) is 9.56. The van der Waals surface area contributed by atoms with E-state index < -0.39 is 22.5 Å². The van der Waals surface area contributed by atoms with Gasteiger partial charge in [-0.3, -0.25) is 4.79 Å². The van der Waals surface area contributed by atoms with E-state index in [9.17, 15) is 13.2 Å². The molecule has 27 heavy (non-hydrogen) atoms. The molecule has 0 saturated carbocycles. The average Bonchev–Trinajstić information content (AvgIpc) is 2.65. The van der Waals surface area contributed by atoms with Crippen molar-refractivity contribution < 1.29 is 17.9 Å². The fourth-order valence-corrected chi connectivity index (χ4v) is 3.34. The van der Waals surface area contributed by atoms with Gasteiger partial charge in [0.25, 0.3) is 0 Å². The minimum absolute atomic E-state index is 0.0755. The lowest BCUT2D eigenvalue weighted by atomic mass is 10.2. The lowest BCUT2D eigenvalue weighted by Crippen LogP contribution is -2.30. The Morgan fingerprint density at radius 3 is 2.56 bits per heavy atom. The molecule has 140 valence electrons. The van der Waals surface area contributed by atoms with Crippen LogP contribution in [0, 0.1) is 6.92 Å². The van der Waals surface area contributed by atoms with E-state index in [0.29, 0.717) is 10.9 Å². The second kappa shape index (κ2) is 7.68. The number of carbonyl (C=O) groups excluding carboxylic acids is 1. The fraction of sp³-hybridized carbons (Fsp3) is 0.167. The number of carbonyl (C=O) groups is 1. The summed E-state index contributed by atoms with van der Waals surface area (Å²) < 4.78 is 31.5. The number of nitrogens with zero attached hydrogens (tertiary/aromatic N) is 2. The smallest absolute Gasteiger partial charge is 0.321 e. The Hall–Kier alpha value is -3.04. The molecule has 3 rings (SSSR count).